The molecule has 0 aromatic carbocycles. The fraction of sp³-hybridized carbons (Fsp3) is 0.643. The lowest BCUT2D eigenvalue weighted by molar-refractivity contribution is 0.0908. The molecule has 1 fully saturated rings. The van der Waals surface area contributed by atoms with Gasteiger partial charge in [0.05, 0.1) is 5.56 Å². The number of rotatable bonds is 4. The van der Waals surface area contributed by atoms with Gasteiger partial charge in [-0.15, -0.1) is 0 Å². The first kappa shape index (κ1) is 13.1. The van der Waals surface area contributed by atoms with Gasteiger partial charge in [0.25, 0.3) is 5.91 Å². The number of carbonyl (C=O) groups excluding carboxylic acids is 1. The number of amides is 1. The van der Waals surface area contributed by atoms with Crippen molar-refractivity contribution in [1.82, 2.24) is 5.32 Å². The van der Waals surface area contributed by atoms with E-state index in [2.05, 4.69) is 5.32 Å². The van der Waals surface area contributed by atoms with E-state index in [-0.39, 0.29) is 12.5 Å². The average molecular weight is 251 g/mol. The van der Waals surface area contributed by atoms with E-state index >= 15 is 0 Å². The van der Waals surface area contributed by atoms with E-state index in [1.54, 1.807) is 6.07 Å². The van der Waals surface area contributed by atoms with Crippen molar-refractivity contribution in [3.8, 4) is 0 Å². The van der Waals surface area contributed by atoms with Crippen molar-refractivity contribution in [2.45, 2.75) is 32.6 Å². The van der Waals surface area contributed by atoms with Crippen LogP contribution in [0.2, 0.25) is 0 Å². The second-order valence-corrected chi connectivity index (χ2v) is 5.14. The van der Waals surface area contributed by atoms with Crippen molar-refractivity contribution in [3.05, 3.63) is 23.7 Å². The summed E-state index contributed by atoms with van der Waals surface area (Å²) < 4.78 is 5.12. The van der Waals surface area contributed by atoms with Gasteiger partial charge in [0.2, 0.25) is 0 Å². The zero-order chi connectivity index (χ0) is 13.0. The molecule has 4 nitrogen and oxygen atoms in total. The Bertz CT molecular complexity index is 399. The monoisotopic (exact) mass is 251 g/mol. The summed E-state index contributed by atoms with van der Waals surface area (Å²) in [5, 5.41) is 12.3. The van der Waals surface area contributed by atoms with E-state index in [4.69, 9.17) is 4.42 Å². The molecule has 18 heavy (non-hydrogen) atoms. The number of carbonyl (C=O) groups is 1. The Morgan fingerprint density at radius 3 is 2.78 bits per heavy atom. The lowest BCUT2D eigenvalue weighted by atomic mass is 9.79. The average Bonchev–Trinajstić information content (AvgIpc) is 2.83. The lowest BCUT2D eigenvalue weighted by Gasteiger charge is -2.30. The van der Waals surface area contributed by atoms with E-state index in [0.717, 1.165) is 18.6 Å². The number of aliphatic hydroxyl groups excluding tert-OH is 1. The largest absolute Gasteiger partial charge is 0.469 e. The summed E-state index contributed by atoms with van der Waals surface area (Å²) in [6.07, 6.45) is 6.03. The first-order chi connectivity index (χ1) is 8.70. The third-order valence-corrected chi connectivity index (χ3v) is 3.82. The Labute approximate surface area is 107 Å². The molecule has 0 aliphatic heterocycles. The number of aryl methyl sites for hydroxylation is 1. The molecule has 0 saturated heterocycles. The summed E-state index contributed by atoms with van der Waals surface area (Å²) in [6.45, 7) is 2.69. The summed E-state index contributed by atoms with van der Waals surface area (Å²) in [6, 6.07) is 1.74. The fourth-order valence-electron chi connectivity index (χ4n) is 2.68. The molecule has 4 heteroatoms. The zero-order valence-electron chi connectivity index (χ0n) is 10.8. The topological polar surface area (TPSA) is 62.5 Å². The molecule has 1 aromatic heterocycles. The highest BCUT2D eigenvalue weighted by Crippen LogP contribution is 2.29. The standard InChI is InChI=1S/C14H21NO3/c1-10-6-13(9-18-10)14(17)15-7-11-4-2-3-5-12(11)8-16/h6,9,11-12,16H,2-5,7-8H2,1H3,(H,15,17). The molecule has 2 N–H and O–H groups in total. The predicted molar refractivity (Wildman–Crippen MR) is 68.3 cm³/mol. The van der Waals surface area contributed by atoms with Crippen LogP contribution in [0.25, 0.3) is 0 Å². The molecule has 2 unspecified atom stereocenters. The Kier molecular flexibility index (Phi) is 4.42. The van der Waals surface area contributed by atoms with Crippen LogP contribution in [-0.4, -0.2) is 24.2 Å². The van der Waals surface area contributed by atoms with Crippen LogP contribution < -0.4 is 5.32 Å². The molecule has 0 radical (unpaired) electrons. The zero-order valence-corrected chi connectivity index (χ0v) is 10.8. The summed E-state index contributed by atoms with van der Waals surface area (Å²) in [4.78, 5) is 11.9. The molecular weight excluding hydrogens is 230 g/mol. The van der Waals surface area contributed by atoms with Gasteiger partial charge in [0.1, 0.15) is 12.0 Å². The highest BCUT2D eigenvalue weighted by molar-refractivity contribution is 5.93. The molecule has 2 rings (SSSR count). The molecular formula is C14H21NO3. The van der Waals surface area contributed by atoms with Gasteiger partial charge in [0.15, 0.2) is 0 Å². The Balaban J connectivity index is 1.85. The van der Waals surface area contributed by atoms with Crippen molar-refractivity contribution < 1.29 is 14.3 Å². The van der Waals surface area contributed by atoms with Crippen molar-refractivity contribution in [1.29, 1.82) is 0 Å². The van der Waals surface area contributed by atoms with Gasteiger partial charge < -0.3 is 14.8 Å². The highest BCUT2D eigenvalue weighted by atomic mass is 16.3. The molecule has 2 atom stereocenters. The maximum atomic E-state index is 11.9. The minimum Gasteiger partial charge on any atom is -0.469 e. The molecule has 1 aromatic rings. The summed E-state index contributed by atoms with van der Waals surface area (Å²) in [7, 11) is 0. The quantitative estimate of drug-likeness (QED) is 0.861. The van der Waals surface area contributed by atoms with E-state index in [0.29, 0.717) is 23.9 Å². The Morgan fingerprint density at radius 2 is 2.17 bits per heavy atom. The minimum atomic E-state index is -0.0888. The third-order valence-electron chi connectivity index (χ3n) is 3.82. The van der Waals surface area contributed by atoms with E-state index in [9.17, 15) is 9.90 Å². The number of hydrogen-bond donors (Lipinski definition) is 2. The number of furan rings is 1. The van der Waals surface area contributed by atoms with Crippen LogP contribution in [0, 0.1) is 18.8 Å². The van der Waals surface area contributed by atoms with E-state index in [1.807, 2.05) is 6.92 Å². The molecule has 1 heterocycles. The lowest BCUT2D eigenvalue weighted by Crippen LogP contribution is -2.35. The van der Waals surface area contributed by atoms with Crippen LogP contribution in [0.1, 0.15) is 41.8 Å². The van der Waals surface area contributed by atoms with Crippen LogP contribution in [0.3, 0.4) is 0 Å². The molecule has 1 amide bonds. The summed E-state index contributed by atoms with van der Waals surface area (Å²) >= 11 is 0. The van der Waals surface area contributed by atoms with Crippen LogP contribution >= 0.6 is 0 Å². The van der Waals surface area contributed by atoms with Gasteiger partial charge in [-0.25, -0.2) is 0 Å². The first-order valence-electron chi connectivity index (χ1n) is 6.65. The maximum absolute atomic E-state index is 11.9. The third kappa shape index (κ3) is 3.13. The van der Waals surface area contributed by atoms with Crippen molar-refractivity contribution in [2.24, 2.45) is 11.8 Å². The number of nitrogens with one attached hydrogen (secondary N) is 1. The second-order valence-electron chi connectivity index (χ2n) is 5.14. The number of hydrogen-bond acceptors (Lipinski definition) is 3. The molecule has 1 aliphatic carbocycles. The smallest absolute Gasteiger partial charge is 0.254 e. The molecule has 100 valence electrons. The van der Waals surface area contributed by atoms with Gasteiger partial charge in [0, 0.05) is 13.2 Å². The first-order valence-corrected chi connectivity index (χ1v) is 6.65. The minimum absolute atomic E-state index is 0.0888. The van der Waals surface area contributed by atoms with Gasteiger partial charge in [-0.3, -0.25) is 4.79 Å². The van der Waals surface area contributed by atoms with Gasteiger partial charge >= 0.3 is 0 Å². The maximum Gasteiger partial charge on any atom is 0.254 e. The van der Waals surface area contributed by atoms with Crippen LogP contribution in [0.5, 0.6) is 0 Å². The van der Waals surface area contributed by atoms with Gasteiger partial charge in [-0.1, -0.05) is 12.8 Å². The normalized spacial score (nSPS) is 23.9. The van der Waals surface area contributed by atoms with Crippen LogP contribution in [0.4, 0.5) is 0 Å². The second kappa shape index (κ2) is 6.05. The molecule has 0 bridgehead atoms. The van der Waals surface area contributed by atoms with Crippen LogP contribution in [0.15, 0.2) is 16.7 Å². The SMILES string of the molecule is Cc1cc(C(=O)NCC2CCCCC2CO)co1. The highest BCUT2D eigenvalue weighted by Gasteiger charge is 2.24. The molecule has 0 spiro atoms. The van der Waals surface area contributed by atoms with Crippen LogP contribution in [-0.2, 0) is 0 Å². The predicted octanol–water partition coefficient (Wildman–Crippen LogP) is 2.12. The molecule has 1 saturated carbocycles. The van der Waals surface area contributed by atoms with Crippen molar-refractivity contribution in [2.75, 3.05) is 13.2 Å². The molecule has 1 aliphatic rings. The van der Waals surface area contributed by atoms with E-state index < -0.39 is 0 Å². The summed E-state index contributed by atoms with van der Waals surface area (Å²) in [5.74, 6) is 1.39. The number of aliphatic hydroxyl groups is 1. The van der Waals surface area contributed by atoms with Gasteiger partial charge in [-0.05, 0) is 37.7 Å². The fourth-order valence-corrected chi connectivity index (χ4v) is 2.68. The summed E-state index contributed by atoms with van der Waals surface area (Å²) in [5.41, 5.74) is 0.573. The Morgan fingerprint density at radius 1 is 1.44 bits per heavy atom. The van der Waals surface area contributed by atoms with Crippen molar-refractivity contribution in [3.63, 3.8) is 0 Å². The van der Waals surface area contributed by atoms with Gasteiger partial charge in [-0.2, -0.15) is 0 Å². The Hall–Kier alpha value is -1.29. The van der Waals surface area contributed by atoms with E-state index in [1.165, 1.54) is 19.1 Å². The van der Waals surface area contributed by atoms with Crippen molar-refractivity contribution >= 4 is 5.91 Å².